The lowest BCUT2D eigenvalue weighted by Gasteiger charge is -1.90. The molecule has 0 aliphatic rings. The largest absolute Gasteiger partial charge is 0.388 e. The molecule has 0 aliphatic heterocycles. The SMILES string of the molecule is C.C.C.C.CCC.CN(C)C.COC.CSC. The van der Waals surface area contributed by atoms with Gasteiger partial charge in [0.2, 0.25) is 0 Å². The van der Waals surface area contributed by atoms with E-state index in [1.807, 2.05) is 38.6 Å². The first-order chi connectivity index (χ1) is 5.97. The highest BCUT2D eigenvalue weighted by atomic mass is 32.2. The number of nitrogens with zero attached hydrogens (tertiary/aromatic N) is 1. The smallest absolute Gasteiger partial charge is 0.0351 e. The second-order valence-corrected chi connectivity index (χ2v) is 3.68. The molecule has 2 nitrogen and oxygen atoms in total. The molecule has 0 aromatic heterocycles. The van der Waals surface area contributed by atoms with E-state index in [4.69, 9.17) is 0 Å². The fraction of sp³-hybridized carbons (Fsp3) is 1.00. The zero-order valence-corrected chi connectivity index (χ0v) is 11.8. The minimum Gasteiger partial charge on any atom is -0.388 e. The van der Waals surface area contributed by atoms with Crippen LogP contribution in [-0.2, 0) is 4.74 Å². The van der Waals surface area contributed by atoms with E-state index in [0.29, 0.717) is 0 Å². The van der Waals surface area contributed by atoms with Crippen molar-refractivity contribution in [3.05, 3.63) is 0 Å². The fourth-order valence-electron chi connectivity index (χ4n) is 0. The molecule has 0 saturated carbocycles. The van der Waals surface area contributed by atoms with E-state index < -0.39 is 0 Å². The van der Waals surface area contributed by atoms with Crippen molar-refractivity contribution >= 4 is 11.8 Å². The molecular weight excluding hydrogens is 230 g/mol. The average molecular weight is 276 g/mol. The third-order valence-electron chi connectivity index (χ3n) is 0. The summed E-state index contributed by atoms with van der Waals surface area (Å²) in [5, 5.41) is 0. The average Bonchev–Trinajstić information content (AvgIpc) is 1.88. The van der Waals surface area contributed by atoms with Crippen LogP contribution in [0.3, 0.4) is 0 Å². The van der Waals surface area contributed by atoms with Gasteiger partial charge in [-0.2, -0.15) is 11.8 Å². The number of rotatable bonds is 0. The van der Waals surface area contributed by atoms with E-state index in [1.165, 1.54) is 6.42 Å². The van der Waals surface area contributed by atoms with Gasteiger partial charge in [-0.3, -0.25) is 0 Å². The van der Waals surface area contributed by atoms with Gasteiger partial charge in [0, 0.05) is 14.2 Å². The summed E-state index contributed by atoms with van der Waals surface area (Å²) in [4.78, 5) is 2.00. The summed E-state index contributed by atoms with van der Waals surface area (Å²) < 4.78 is 4.25. The van der Waals surface area contributed by atoms with E-state index in [1.54, 1.807) is 26.0 Å². The number of hydrogen-bond acceptors (Lipinski definition) is 3. The van der Waals surface area contributed by atoms with Crippen LogP contribution in [0.15, 0.2) is 0 Å². The standard InChI is InChI=1S/C3H9N.C3H8.C2H6O.C2H6S.4CH4/c1-4(2)3;3*1-3-2;;;;/h1-3H3;3H2,1-2H3;2*1-2H3;4*1H4. The molecule has 0 atom stereocenters. The predicted octanol–water partition coefficient (Wildman–Crippen LogP) is 5.38. The first kappa shape index (κ1) is 53.2. The molecule has 0 aromatic rings. The number of ether oxygens (including phenoxy) is 1. The van der Waals surface area contributed by atoms with E-state index in [2.05, 4.69) is 18.6 Å². The van der Waals surface area contributed by atoms with Gasteiger partial charge in [-0.05, 0) is 33.7 Å². The van der Waals surface area contributed by atoms with Crippen molar-refractivity contribution in [2.75, 3.05) is 47.9 Å². The van der Waals surface area contributed by atoms with Crippen LogP contribution in [0.2, 0.25) is 0 Å². The normalized spacial score (nSPS) is 5.29. The van der Waals surface area contributed by atoms with Gasteiger partial charge in [0.1, 0.15) is 0 Å². The Labute approximate surface area is 120 Å². The molecule has 118 valence electrons. The highest BCUT2D eigenvalue weighted by molar-refractivity contribution is 7.97. The lowest BCUT2D eigenvalue weighted by molar-refractivity contribution is 0.277. The van der Waals surface area contributed by atoms with E-state index >= 15 is 0 Å². The quantitative estimate of drug-likeness (QED) is 0.589. The maximum Gasteiger partial charge on any atom is 0.0351 e. The van der Waals surface area contributed by atoms with Gasteiger partial charge in [-0.25, -0.2) is 0 Å². The lowest BCUT2D eigenvalue weighted by atomic mass is 10.6. The Morgan fingerprint density at radius 3 is 0.824 bits per heavy atom. The topological polar surface area (TPSA) is 12.5 Å². The Balaban J connectivity index is -0.00000000989. The number of thioether (sulfide) groups is 1. The molecule has 0 bridgehead atoms. The summed E-state index contributed by atoms with van der Waals surface area (Å²) in [6.45, 7) is 4.25. The number of methoxy groups -OCH3 is 1. The van der Waals surface area contributed by atoms with Gasteiger partial charge < -0.3 is 9.64 Å². The zero-order chi connectivity index (χ0) is 11.7. The highest BCUT2D eigenvalue weighted by Crippen LogP contribution is 1.70. The van der Waals surface area contributed by atoms with Crippen molar-refractivity contribution in [1.29, 1.82) is 0 Å². The van der Waals surface area contributed by atoms with E-state index in [-0.39, 0.29) is 29.7 Å². The van der Waals surface area contributed by atoms with Crippen LogP contribution < -0.4 is 0 Å². The van der Waals surface area contributed by atoms with Gasteiger partial charge in [0.05, 0.1) is 0 Å². The molecule has 0 heterocycles. The molecular formula is C14H45NOS. The van der Waals surface area contributed by atoms with Gasteiger partial charge in [0.15, 0.2) is 0 Å². The predicted molar refractivity (Wildman–Crippen MR) is 94.9 cm³/mol. The van der Waals surface area contributed by atoms with Crippen LogP contribution in [0, 0.1) is 0 Å². The van der Waals surface area contributed by atoms with Crippen molar-refractivity contribution in [3.63, 3.8) is 0 Å². The van der Waals surface area contributed by atoms with E-state index in [9.17, 15) is 0 Å². The fourth-order valence-corrected chi connectivity index (χ4v) is 0. The van der Waals surface area contributed by atoms with Gasteiger partial charge in [-0.1, -0.05) is 50.0 Å². The van der Waals surface area contributed by atoms with Crippen LogP contribution in [0.1, 0.15) is 50.0 Å². The molecule has 0 amide bonds. The first-order valence-electron chi connectivity index (χ1n) is 4.39. The third-order valence-corrected chi connectivity index (χ3v) is 0. The molecule has 0 rings (SSSR count). The monoisotopic (exact) mass is 275 g/mol. The molecule has 0 saturated heterocycles. The van der Waals surface area contributed by atoms with Crippen molar-refractivity contribution in [1.82, 2.24) is 4.90 Å². The summed E-state index contributed by atoms with van der Waals surface area (Å²) in [7, 11) is 9.25. The molecule has 0 radical (unpaired) electrons. The molecule has 0 unspecified atom stereocenters. The van der Waals surface area contributed by atoms with Crippen LogP contribution in [-0.4, -0.2) is 52.8 Å². The van der Waals surface area contributed by atoms with Crippen molar-refractivity contribution in [2.45, 2.75) is 50.0 Å². The molecule has 3 heteroatoms. The summed E-state index contributed by atoms with van der Waals surface area (Å²) >= 11 is 1.75. The minimum absolute atomic E-state index is 0. The lowest BCUT2D eigenvalue weighted by Crippen LogP contribution is -1.99. The molecule has 0 fully saturated rings. The van der Waals surface area contributed by atoms with E-state index in [0.717, 1.165) is 0 Å². The maximum atomic E-state index is 4.25. The summed E-state index contributed by atoms with van der Waals surface area (Å²) in [6.07, 6.45) is 5.33. The second-order valence-electron chi connectivity index (χ2n) is 2.87. The van der Waals surface area contributed by atoms with Gasteiger partial charge in [0.25, 0.3) is 0 Å². The highest BCUT2D eigenvalue weighted by Gasteiger charge is 1.58. The van der Waals surface area contributed by atoms with Crippen LogP contribution in [0.25, 0.3) is 0 Å². The first-order valence-corrected chi connectivity index (χ1v) is 6.02. The van der Waals surface area contributed by atoms with Crippen molar-refractivity contribution < 1.29 is 4.74 Å². The summed E-state index contributed by atoms with van der Waals surface area (Å²) in [5.41, 5.74) is 0. The van der Waals surface area contributed by atoms with Gasteiger partial charge >= 0.3 is 0 Å². The number of hydrogen-bond donors (Lipinski definition) is 0. The van der Waals surface area contributed by atoms with Gasteiger partial charge in [-0.15, -0.1) is 0 Å². The molecule has 0 aromatic carbocycles. The van der Waals surface area contributed by atoms with Crippen LogP contribution >= 0.6 is 11.8 Å². The Kier molecular flexibility index (Phi) is 302. The van der Waals surface area contributed by atoms with Crippen molar-refractivity contribution in [3.8, 4) is 0 Å². The summed E-state index contributed by atoms with van der Waals surface area (Å²) in [5.74, 6) is 0. The molecule has 0 spiro atoms. The third kappa shape index (κ3) is 45400. The maximum absolute atomic E-state index is 4.25. The Bertz CT molecular complexity index is 37.7. The zero-order valence-electron chi connectivity index (χ0n) is 11.0. The molecule has 0 aliphatic carbocycles. The Morgan fingerprint density at radius 1 is 0.824 bits per heavy atom. The summed E-state index contributed by atoms with van der Waals surface area (Å²) in [6, 6.07) is 0. The molecule has 0 N–H and O–H groups in total. The Hall–Kier alpha value is 0.270. The molecule has 17 heavy (non-hydrogen) atoms. The van der Waals surface area contributed by atoms with Crippen LogP contribution in [0.4, 0.5) is 0 Å². The van der Waals surface area contributed by atoms with Crippen LogP contribution in [0.5, 0.6) is 0 Å². The Morgan fingerprint density at radius 2 is 0.824 bits per heavy atom. The minimum atomic E-state index is 0. The van der Waals surface area contributed by atoms with Crippen molar-refractivity contribution in [2.24, 2.45) is 0 Å². The second kappa shape index (κ2) is 96.5.